The smallest absolute Gasteiger partial charge is 0.221 e. The number of nitrogens with one attached hydrogen (secondary N) is 1. The van der Waals surface area contributed by atoms with E-state index < -0.39 is 0 Å². The van der Waals surface area contributed by atoms with Gasteiger partial charge in [0.25, 0.3) is 0 Å². The Kier molecular flexibility index (Phi) is 5.15. The minimum absolute atomic E-state index is 0.0537. The Morgan fingerprint density at radius 3 is 3.00 bits per heavy atom. The Labute approximate surface area is 120 Å². The van der Waals surface area contributed by atoms with Crippen LogP contribution in [0.15, 0.2) is 24.3 Å². The second-order valence-corrected chi connectivity index (χ2v) is 5.66. The fraction of sp³-hybridized carbons (Fsp3) is 0.562. The van der Waals surface area contributed by atoms with Crippen molar-refractivity contribution < 1.29 is 9.90 Å². The molecular weight excluding hydrogens is 252 g/mol. The molecule has 1 aliphatic rings. The molecule has 2 N–H and O–H groups in total. The van der Waals surface area contributed by atoms with Gasteiger partial charge in [0.15, 0.2) is 0 Å². The summed E-state index contributed by atoms with van der Waals surface area (Å²) < 4.78 is 0. The van der Waals surface area contributed by atoms with Crippen LogP contribution in [0.5, 0.6) is 0 Å². The average Bonchev–Trinajstić information content (AvgIpc) is 2.38. The first kappa shape index (κ1) is 15.0. The van der Waals surface area contributed by atoms with Crippen molar-refractivity contribution in [3.8, 4) is 0 Å². The molecule has 20 heavy (non-hydrogen) atoms. The lowest BCUT2D eigenvalue weighted by atomic mass is 9.97. The molecule has 1 aliphatic heterocycles. The van der Waals surface area contributed by atoms with Gasteiger partial charge in [0.05, 0.1) is 6.10 Å². The van der Waals surface area contributed by atoms with E-state index in [9.17, 15) is 9.90 Å². The molecule has 2 unspecified atom stereocenters. The maximum atomic E-state index is 11.1. The molecule has 2 rings (SSSR count). The monoisotopic (exact) mass is 276 g/mol. The zero-order valence-electron chi connectivity index (χ0n) is 12.3. The largest absolute Gasteiger partial charge is 0.392 e. The minimum Gasteiger partial charge on any atom is -0.392 e. The van der Waals surface area contributed by atoms with Gasteiger partial charge in [0.1, 0.15) is 0 Å². The lowest BCUT2D eigenvalue weighted by Crippen LogP contribution is -2.45. The molecule has 0 radical (unpaired) electrons. The van der Waals surface area contributed by atoms with Gasteiger partial charge in [-0.25, -0.2) is 0 Å². The molecule has 110 valence electrons. The molecule has 4 nitrogen and oxygen atoms in total. The van der Waals surface area contributed by atoms with Crippen molar-refractivity contribution >= 4 is 11.6 Å². The Bertz CT molecular complexity index is 460. The molecule has 1 amide bonds. The van der Waals surface area contributed by atoms with E-state index in [2.05, 4.69) is 16.3 Å². The third kappa shape index (κ3) is 4.05. The van der Waals surface area contributed by atoms with Gasteiger partial charge in [-0.1, -0.05) is 18.6 Å². The van der Waals surface area contributed by atoms with E-state index in [0.717, 1.165) is 25.2 Å². The Morgan fingerprint density at radius 1 is 1.50 bits per heavy atom. The highest BCUT2D eigenvalue weighted by Crippen LogP contribution is 2.23. The van der Waals surface area contributed by atoms with Gasteiger partial charge in [-0.2, -0.15) is 0 Å². The highest BCUT2D eigenvalue weighted by Gasteiger charge is 2.26. The standard InChI is InChI=1S/C16H24N2O2/c1-12(19)16-8-3-4-9-18(16)11-14-6-5-7-15(10-14)17-13(2)20/h5-7,10,12,16,19H,3-4,8-9,11H2,1-2H3,(H,17,20). The van der Waals surface area contributed by atoms with Crippen molar-refractivity contribution in [3.63, 3.8) is 0 Å². The van der Waals surface area contributed by atoms with Crippen molar-refractivity contribution in [2.24, 2.45) is 0 Å². The molecule has 0 aliphatic carbocycles. The van der Waals surface area contributed by atoms with E-state index in [1.807, 2.05) is 25.1 Å². The fourth-order valence-corrected chi connectivity index (χ4v) is 2.94. The highest BCUT2D eigenvalue weighted by atomic mass is 16.3. The maximum absolute atomic E-state index is 11.1. The molecule has 0 saturated carbocycles. The first-order valence-corrected chi connectivity index (χ1v) is 7.35. The van der Waals surface area contributed by atoms with Crippen LogP contribution >= 0.6 is 0 Å². The van der Waals surface area contributed by atoms with Gasteiger partial charge in [-0.3, -0.25) is 9.69 Å². The van der Waals surface area contributed by atoms with Crippen LogP contribution in [0.4, 0.5) is 5.69 Å². The zero-order valence-corrected chi connectivity index (χ0v) is 12.3. The predicted octanol–water partition coefficient (Wildman–Crippen LogP) is 2.38. The van der Waals surface area contributed by atoms with E-state index >= 15 is 0 Å². The minimum atomic E-state index is -0.297. The van der Waals surface area contributed by atoms with Crippen molar-refractivity contribution in [2.75, 3.05) is 11.9 Å². The summed E-state index contributed by atoms with van der Waals surface area (Å²) in [5, 5.41) is 12.7. The third-order valence-electron chi connectivity index (χ3n) is 3.85. The number of nitrogens with zero attached hydrogens (tertiary/aromatic N) is 1. The summed E-state index contributed by atoms with van der Waals surface area (Å²) in [6, 6.07) is 8.18. The first-order chi connectivity index (χ1) is 9.56. The van der Waals surface area contributed by atoms with E-state index in [4.69, 9.17) is 0 Å². The summed E-state index contributed by atoms with van der Waals surface area (Å²) in [7, 11) is 0. The number of benzene rings is 1. The van der Waals surface area contributed by atoms with Gasteiger partial charge in [-0.05, 0) is 44.0 Å². The van der Waals surface area contributed by atoms with Gasteiger partial charge in [0.2, 0.25) is 5.91 Å². The summed E-state index contributed by atoms with van der Waals surface area (Å²) in [6.07, 6.45) is 3.14. The number of carbonyl (C=O) groups is 1. The molecular formula is C16H24N2O2. The molecule has 0 bridgehead atoms. The Hall–Kier alpha value is -1.39. The number of rotatable bonds is 4. The van der Waals surface area contributed by atoms with Gasteiger partial charge in [0, 0.05) is 25.2 Å². The van der Waals surface area contributed by atoms with E-state index in [-0.39, 0.29) is 18.1 Å². The molecule has 1 aromatic carbocycles. The fourth-order valence-electron chi connectivity index (χ4n) is 2.94. The van der Waals surface area contributed by atoms with E-state index in [1.54, 1.807) is 0 Å². The Balaban J connectivity index is 2.06. The number of piperidine rings is 1. The Morgan fingerprint density at radius 2 is 2.30 bits per heavy atom. The van der Waals surface area contributed by atoms with E-state index in [0.29, 0.717) is 0 Å². The zero-order chi connectivity index (χ0) is 14.5. The lowest BCUT2D eigenvalue weighted by Gasteiger charge is -2.37. The topological polar surface area (TPSA) is 52.6 Å². The van der Waals surface area contributed by atoms with E-state index in [1.165, 1.54) is 25.3 Å². The molecule has 0 spiro atoms. The summed E-state index contributed by atoms with van der Waals surface area (Å²) in [4.78, 5) is 13.4. The number of aliphatic hydroxyl groups is 1. The normalized spacial score (nSPS) is 21.4. The maximum Gasteiger partial charge on any atom is 0.221 e. The van der Waals surface area contributed by atoms with Crippen LogP contribution in [0.2, 0.25) is 0 Å². The SMILES string of the molecule is CC(=O)Nc1cccc(CN2CCCCC2C(C)O)c1. The average molecular weight is 276 g/mol. The number of aliphatic hydroxyl groups excluding tert-OH is 1. The van der Waals surface area contributed by atoms with Crippen LogP contribution in [0.3, 0.4) is 0 Å². The second kappa shape index (κ2) is 6.86. The summed E-state index contributed by atoms with van der Waals surface area (Å²) in [6.45, 7) is 5.24. The first-order valence-electron chi connectivity index (χ1n) is 7.35. The van der Waals surface area contributed by atoms with Crippen LogP contribution in [-0.4, -0.2) is 34.6 Å². The van der Waals surface area contributed by atoms with Crippen molar-refractivity contribution in [2.45, 2.75) is 51.8 Å². The van der Waals surface area contributed by atoms with Crippen LogP contribution in [0.1, 0.15) is 38.7 Å². The highest BCUT2D eigenvalue weighted by molar-refractivity contribution is 5.88. The number of anilines is 1. The number of hydrogen-bond donors (Lipinski definition) is 2. The predicted molar refractivity (Wildman–Crippen MR) is 80.5 cm³/mol. The van der Waals surface area contributed by atoms with Crippen molar-refractivity contribution in [3.05, 3.63) is 29.8 Å². The van der Waals surface area contributed by atoms with Crippen LogP contribution in [0.25, 0.3) is 0 Å². The summed E-state index contributed by atoms with van der Waals surface area (Å²) >= 11 is 0. The van der Waals surface area contributed by atoms with Gasteiger partial charge in [-0.15, -0.1) is 0 Å². The van der Waals surface area contributed by atoms with Gasteiger partial charge >= 0.3 is 0 Å². The molecule has 0 aromatic heterocycles. The van der Waals surface area contributed by atoms with Crippen molar-refractivity contribution in [1.82, 2.24) is 4.90 Å². The number of carbonyl (C=O) groups excluding carboxylic acids is 1. The lowest BCUT2D eigenvalue weighted by molar-refractivity contribution is -0.114. The molecule has 1 saturated heterocycles. The number of hydrogen-bond acceptors (Lipinski definition) is 3. The number of amides is 1. The third-order valence-corrected chi connectivity index (χ3v) is 3.85. The van der Waals surface area contributed by atoms with Crippen LogP contribution in [0, 0.1) is 0 Å². The van der Waals surface area contributed by atoms with Crippen LogP contribution < -0.4 is 5.32 Å². The second-order valence-electron chi connectivity index (χ2n) is 5.66. The number of likely N-dealkylation sites (tertiary alicyclic amines) is 1. The molecule has 4 heteroatoms. The van der Waals surface area contributed by atoms with Crippen LogP contribution in [-0.2, 0) is 11.3 Å². The summed E-state index contributed by atoms with van der Waals surface area (Å²) in [5.74, 6) is -0.0537. The van der Waals surface area contributed by atoms with Crippen molar-refractivity contribution in [1.29, 1.82) is 0 Å². The molecule has 1 heterocycles. The van der Waals surface area contributed by atoms with Gasteiger partial charge < -0.3 is 10.4 Å². The molecule has 1 aromatic rings. The molecule has 2 atom stereocenters. The molecule has 1 fully saturated rings. The summed E-state index contributed by atoms with van der Waals surface area (Å²) in [5.41, 5.74) is 2.00. The quantitative estimate of drug-likeness (QED) is 0.887.